The Bertz CT molecular complexity index is 602. The Morgan fingerprint density at radius 1 is 1.45 bits per heavy atom. The molecule has 1 N–H and O–H groups in total. The first-order chi connectivity index (χ1) is 10.5. The van der Waals surface area contributed by atoms with Gasteiger partial charge in [0.1, 0.15) is 11.6 Å². The highest BCUT2D eigenvalue weighted by molar-refractivity contribution is 8.15. The first-order valence-corrected chi connectivity index (χ1v) is 7.98. The number of carbonyl (C=O) groups is 1. The van der Waals surface area contributed by atoms with Crippen molar-refractivity contribution < 1.29 is 13.9 Å². The molecule has 1 saturated heterocycles. The number of ether oxygens (including phenoxy) is 1. The van der Waals surface area contributed by atoms with Crippen LogP contribution in [-0.4, -0.2) is 29.6 Å². The van der Waals surface area contributed by atoms with E-state index in [2.05, 4.69) is 29.4 Å². The van der Waals surface area contributed by atoms with Gasteiger partial charge >= 0.3 is 0 Å². The van der Waals surface area contributed by atoms with Crippen LogP contribution in [0.3, 0.4) is 0 Å². The third-order valence-electron chi connectivity index (χ3n) is 2.80. The van der Waals surface area contributed by atoms with Crippen molar-refractivity contribution in [1.29, 1.82) is 0 Å². The lowest BCUT2D eigenvalue weighted by Crippen LogP contribution is -2.19. The molecule has 0 radical (unpaired) electrons. The highest BCUT2D eigenvalue weighted by Gasteiger charge is 2.15. The quantitative estimate of drug-likeness (QED) is 0.647. The van der Waals surface area contributed by atoms with Crippen LogP contribution in [0.2, 0.25) is 0 Å². The molecule has 0 bridgehead atoms. The molecule has 0 aromatic heterocycles. The maximum Gasteiger partial charge on any atom is 0.236 e. The average Bonchev–Trinajstić information content (AvgIpc) is 2.83. The van der Waals surface area contributed by atoms with E-state index in [0.29, 0.717) is 34.8 Å². The van der Waals surface area contributed by atoms with Crippen LogP contribution < -0.4 is 10.1 Å². The van der Waals surface area contributed by atoms with Crippen LogP contribution in [0.15, 0.2) is 28.4 Å². The van der Waals surface area contributed by atoms with Crippen LogP contribution in [-0.2, 0) is 4.79 Å². The summed E-state index contributed by atoms with van der Waals surface area (Å²) in [6, 6.07) is 4.39. The monoisotopic (exact) mass is 323 g/mol. The summed E-state index contributed by atoms with van der Waals surface area (Å²) in [4.78, 5) is 11.0. The Hall–Kier alpha value is -1.89. The Balaban J connectivity index is 1.98. The van der Waals surface area contributed by atoms with Gasteiger partial charge in [-0.2, -0.15) is 5.10 Å². The second-order valence-electron chi connectivity index (χ2n) is 5.24. The molecule has 1 aromatic rings. The van der Waals surface area contributed by atoms with Gasteiger partial charge in [0.05, 0.1) is 18.6 Å². The average molecular weight is 323 g/mol. The highest BCUT2D eigenvalue weighted by Crippen LogP contribution is 2.16. The molecular formula is C15H18FN3O2S. The normalized spacial score (nSPS) is 16.7. The van der Waals surface area contributed by atoms with Crippen molar-refractivity contribution in [3.8, 4) is 5.75 Å². The molecule has 0 aliphatic carbocycles. The van der Waals surface area contributed by atoms with Crippen LogP contribution in [0.1, 0.15) is 25.8 Å². The minimum Gasteiger partial charge on any atom is -0.493 e. The largest absolute Gasteiger partial charge is 0.493 e. The third kappa shape index (κ3) is 5.48. The van der Waals surface area contributed by atoms with Gasteiger partial charge in [-0.25, -0.2) is 4.39 Å². The van der Waals surface area contributed by atoms with E-state index in [9.17, 15) is 9.18 Å². The number of thioether (sulfide) groups is 1. The van der Waals surface area contributed by atoms with Gasteiger partial charge in [-0.1, -0.05) is 25.6 Å². The number of benzene rings is 1. The zero-order chi connectivity index (χ0) is 15.9. The van der Waals surface area contributed by atoms with Gasteiger partial charge < -0.3 is 10.1 Å². The van der Waals surface area contributed by atoms with E-state index in [0.717, 1.165) is 6.42 Å². The molecule has 1 fully saturated rings. The Morgan fingerprint density at radius 2 is 2.27 bits per heavy atom. The van der Waals surface area contributed by atoms with Crippen molar-refractivity contribution in [3.63, 3.8) is 0 Å². The summed E-state index contributed by atoms with van der Waals surface area (Å²) in [6.07, 6.45) is 2.33. The molecule has 1 aliphatic rings. The SMILES string of the molecule is CC(C)CCOc1cc(F)cc(C=NN=C2NC(=O)CS2)c1. The second kappa shape index (κ2) is 7.93. The maximum atomic E-state index is 13.6. The third-order valence-corrected chi connectivity index (χ3v) is 3.66. The lowest BCUT2D eigenvalue weighted by molar-refractivity contribution is -0.116. The molecule has 7 heteroatoms. The smallest absolute Gasteiger partial charge is 0.236 e. The van der Waals surface area contributed by atoms with Crippen LogP contribution in [0.25, 0.3) is 0 Å². The maximum absolute atomic E-state index is 13.6. The first-order valence-electron chi connectivity index (χ1n) is 7.00. The molecule has 0 saturated carbocycles. The summed E-state index contributed by atoms with van der Waals surface area (Å²) in [5.74, 6) is 0.871. The van der Waals surface area contributed by atoms with Crippen molar-refractivity contribution in [2.75, 3.05) is 12.4 Å². The fourth-order valence-corrected chi connectivity index (χ4v) is 2.31. The molecule has 1 amide bonds. The number of rotatable bonds is 6. The number of hydrogen-bond donors (Lipinski definition) is 1. The lowest BCUT2D eigenvalue weighted by Gasteiger charge is -2.08. The van der Waals surface area contributed by atoms with Gasteiger partial charge in [0.2, 0.25) is 5.91 Å². The topological polar surface area (TPSA) is 63.1 Å². The van der Waals surface area contributed by atoms with Crippen molar-refractivity contribution >= 4 is 29.1 Å². The first kappa shape index (κ1) is 16.5. The van der Waals surface area contributed by atoms with Crippen LogP contribution in [0, 0.1) is 11.7 Å². The Kier molecular flexibility index (Phi) is 5.94. The number of halogens is 1. The van der Waals surface area contributed by atoms with E-state index in [-0.39, 0.29) is 11.7 Å². The molecule has 22 heavy (non-hydrogen) atoms. The summed E-state index contributed by atoms with van der Waals surface area (Å²) in [5, 5.41) is 10.7. The molecule has 1 heterocycles. The number of nitrogens with one attached hydrogen (secondary N) is 1. The van der Waals surface area contributed by atoms with Crippen molar-refractivity contribution in [1.82, 2.24) is 5.32 Å². The summed E-state index contributed by atoms with van der Waals surface area (Å²) < 4.78 is 19.1. The molecule has 2 rings (SSSR count). The summed E-state index contributed by atoms with van der Waals surface area (Å²) in [6.45, 7) is 4.75. The predicted molar refractivity (Wildman–Crippen MR) is 87.0 cm³/mol. The summed E-state index contributed by atoms with van der Waals surface area (Å²) in [5.41, 5.74) is 0.554. The molecular weight excluding hydrogens is 305 g/mol. The van der Waals surface area contributed by atoms with Crippen molar-refractivity contribution in [2.45, 2.75) is 20.3 Å². The van der Waals surface area contributed by atoms with E-state index in [1.807, 2.05) is 0 Å². The van der Waals surface area contributed by atoms with Gasteiger partial charge in [-0.05, 0) is 24.5 Å². The fourth-order valence-electron chi connectivity index (χ4n) is 1.68. The molecule has 0 unspecified atom stereocenters. The van der Waals surface area contributed by atoms with E-state index < -0.39 is 0 Å². The molecule has 118 valence electrons. The van der Waals surface area contributed by atoms with Gasteiger partial charge in [0.25, 0.3) is 0 Å². The van der Waals surface area contributed by atoms with Crippen LogP contribution in [0.5, 0.6) is 5.75 Å². The van der Waals surface area contributed by atoms with E-state index in [1.54, 1.807) is 6.07 Å². The van der Waals surface area contributed by atoms with E-state index in [4.69, 9.17) is 4.74 Å². The minimum absolute atomic E-state index is 0.0921. The Morgan fingerprint density at radius 3 is 2.95 bits per heavy atom. The minimum atomic E-state index is -0.389. The standard InChI is InChI=1S/C15H18FN3O2S/c1-10(2)3-4-21-13-6-11(5-12(16)7-13)8-17-19-15-18-14(20)9-22-15/h5-8,10H,3-4,9H2,1-2H3,(H,18,19,20). The van der Waals surface area contributed by atoms with Crippen LogP contribution in [0.4, 0.5) is 4.39 Å². The molecule has 1 aliphatic heterocycles. The van der Waals surface area contributed by atoms with Gasteiger partial charge in [-0.3, -0.25) is 4.79 Å². The van der Waals surface area contributed by atoms with E-state index >= 15 is 0 Å². The lowest BCUT2D eigenvalue weighted by atomic mass is 10.1. The van der Waals surface area contributed by atoms with Crippen LogP contribution >= 0.6 is 11.8 Å². The zero-order valence-electron chi connectivity index (χ0n) is 12.5. The van der Waals surface area contributed by atoms with E-state index in [1.165, 1.54) is 30.1 Å². The number of hydrogen-bond acceptors (Lipinski definition) is 5. The summed E-state index contributed by atoms with van der Waals surface area (Å²) in [7, 11) is 0. The predicted octanol–water partition coefficient (Wildman–Crippen LogP) is 2.80. The molecule has 0 spiro atoms. The van der Waals surface area contributed by atoms with Gasteiger partial charge in [-0.15, -0.1) is 5.10 Å². The molecule has 5 nitrogen and oxygen atoms in total. The van der Waals surface area contributed by atoms with Gasteiger partial charge in [0.15, 0.2) is 5.17 Å². The number of nitrogens with zero attached hydrogens (tertiary/aromatic N) is 2. The fraction of sp³-hybridized carbons (Fsp3) is 0.400. The van der Waals surface area contributed by atoms with Gasteiger partial charge in [0, 0.05) is 11.6 Å². The number of amidine groups is 1. The number of amides is 1. The number of carbonyl (C=O) groups excluding carboxylic acids is 1. The summed E-state index contributed by atoms with van der Waals surface area (Å²) >= 11 is 1.28. The Labute approximate surface area is 133 Å². The van der Waals surface area contributed by atoms with Crippen molar-refractivity contribution in [3.05, 3.63) is 29.6 Å². The zero-order valence-corrected chi connectivity index (χ0v) is 13.3. The highest BCUT2D eigenvalue weighted by atomic mass is 32.2. The van der Waals surface area contributed by atoms with Crippen molar-refractivity contribution in [2.24, 2.45) is 16.1 Å². The molecule has 0 atom stereocenters. The second-order valence-corrected chi connectivity index (χ2v) is 6.20. The molecule has 1 aromatic carbocycles.